The first-order chi connectivity index (χ1) is 9.52. The summed E-state index contributed by atoms with van der Waals surface area (Å²) in [6.07, 6.45) is 1.81. The van der Waals surface area contributed by atoms with Crippen molar-refractivity contribution in [3.8, 4) is 0 Å². The van der Waals surface area contributed by atoms with E-state index in [1.165, 1.54) is 6.07 Å². The normalized spacial score (nSPS) is 16.4. The van der Waals surface area contributed by atoms with Gasteiger partial charge in [0.15, 0.2) is 0 Å². The first kappa shape index (κ1) is 14.6. The Kier molecular flexibility index (Phi) is 4.44. The average molecular weight is 282 g/mol. The lowest BCUT2D eigenvalue weighted by atomic mass is 9.97. The van der Waals surface area contributed by atoms with Gasteiger partial charge < -0.3 is 20.5 Å². The lowest BCUT2D eigenvalue weighted by Gasteiger charge is -2.33. The zero-order chi connectivity index (χ0) is 14.7. The summed E-state index contributed by atoms with van der Waals surface area (Å²) < 4.78 is 19.1. The molecule has 3 N–H and O–H groups in total. The molecule has 1 fully saturated rings. The van der Waals surface area contributed by atoms with Crippen LogP contribution in [0.4, 0.5) is 15.8 Å². The van der Waals surface area contributed by atoms with E-state index in [1.54, 1.807) is 7.11 Å². The van der Waals surface area contributed by atoms with Crippen molar-refractivity contribution in [3.05, 3.63) is 23.5 Å². The first-order valence-electron chi connectivity index (χ1n) is 6.59. The topological polar surface area (TPSA) is 75.8 Å². The lowest BCUT2D eigenvalue weighted by molar-refractivity contribution is 0.0698. The van der Waals surface area contributed by atoms with E-state index in [9.17, 15) is 9.18 Å². The summed E-state index contributed by atoms with van der Waals surface area (Å²) in [4.78, 5) is 12.9. The number of aromatic carboxylic acids is 1. The Morgan fingerprint density at radius 1 is 1.50 bits per heavy atom. The Bertz CT molecular complexity index is 499. The molecule has 1 aromatic carbocycles. The molecule has 0 amide bonds. The highest BCUT2D eigenvalue weighted by molar-refractivity contribution is 5.95. The zero-order valence-electron chi connectivity index (χ0n) is 11.4. The van der Waals surface area contributed by atoms with Crippen LogP contribution in [0.3, 0.4) is 0 Å². The van der Waals surface area contributed by atoms with Crippen molar-refractivity contribution in [2.45, 2.75) is 12.8 Å². The maximum absolute atomic E-state index is 14.0. The number of nitrogen functional groups attached to an aromatic ring is 1. The van der Waals surface area contributed by atoms with Crippen molar-refractivity contribution in [3.63, 3.8) is 0 Å². The number of hydrogen-bond donors (Lipinski definition) is 2. The minimum Gasteiger partial charge on any atom is -0.478 e. The van der Waals surface area contributed by atoms with Gasteiger partial charge in [-0.1, -0.05) is 0 Å². The number of anilines is 2. The number of piperidine rings is 1. The van der Waals surface area contributed by atoms with E-state index in [4.69, 9.17) is 15.6 Å². The maximum Gasteiger partial charge on any atom is 0.337 e. The van der Waals surface area contributed by atoms with E-state index < -0.39 is 11.8 Å². The van der Waals surface area contributed by atoms with Gasteiger partial charge in [0.1, 0.15) is 5.82 Å². The number of benzene rings is 1. The molecule has 0 aliphatic carbocycles. The van der Waals surface area contributed by atoms with Gasteiger partial charge in [-0.05, 0) is 30.9 Å². The van der Waals surface area contributed by atoms with Gasteiger partial charge in [0.05, 0.1) is 11.3 Å². The predicted octanol–water partition coefficient (Wildman–Crippen LogP) is 1.97. The van der Waals surface area contributed by atoms with Crippen molar-refractivity contribution in [2.24, 2.45) is 5.92 Å². The SMILES string of the molecule is COCC1CCN(c2cc(C(=O)O)c(N)cc2F)CC1. The predicted molar refractivity (Wildman–Crippen MR) is 74.6 cm³/mol. The summed E-state index contributed by atoms with van der Waals surface area (Å²) in [5.41, 5.74) is 5.74. The van der Waals surface area contributed by atoms with Crippen molar-refractivity contribution < 1.29 is 19.0 Å². The minimum atomic E-state index is -1.14. The van der Waals surface area contributed by atoms with Gasteiger partial charge in [-0.3, -0.25) is 0 Å². The molecule has 20 heavy (non-hydrogen) atoms. The van der Waals surface area contributed by atoms with E-state index in [0.29, 0.717) is 31.3 Å². The second-order valence-electron chi connectivity index (χ2n) is 5.08. The Morgan fingerprint density at radius 3 is 2.70 bits per heavy atom. The van der Waals surface area contributed by atoms with Gasteiger partial charge in [0, 0.05) is 32.5 Å². The van der Waals surface area contributed by atoms with Crippen LogP contribution in [0.5, 0.6) is 0 Å². The highest BCUT2D eigenvalue weighted by Crippen LogP contribution is 2.29. The van der Waals surface area contributed by atoms with E-state index in [0.717, 1.165) is 18.9 Å². The van der Waals surface area contributed by atoms with E-state index in [-0.39, 0.29) is 11.3 Å². The van der Waals surface area contributed by atoms with Crippen LogP contribution in [0.1, 0.15) is 23.2 Å². The van der Waals surface area contributed by atoms with Crippen molar-refractivity contribution in [2.75, 3.05) is 37.4 Å². The largest absolute Gasteiger partial charge is 0.478 e. The van der Waals surface area contributed by atoms with Crippen molar-refractivity contribution in [1.82, 2.24) is 0 Å². The smallest absolute Gasteiger partial charge is 0.337 e. The number of nitrogens with two attached hydrogens (primary N) is 1. The molecule has 1 aliphatic rings. The van der Waals surface area contributed by atoms with Gasteiger partial charge in [-0.15, -0.1) is 0 Å². The number of carboxylic acid groups (broad SMARTS) is 1. The molecule has 0 radical (unpaired) electrons. The molecule has 0 atom stereocenters. The summed E-state index contributed by atoms with van der Waals surface area (Å²) in [5.74, 6) is -1.14. The third kappa shape index (κ3) is 3.01. The third-order valence-corrected chi connectivity index (χ3v) is 3.71. The quantitative estimate of drug-likeness (QED) is 0.826. The van der Waals surface area contributed by atoms with Crippen LogP contribution in [0.2, 0.25) is 0 Å². The molecule has 110 valence electrons. The zero-order valence-corrected chi connectivity index (χ0v) is 11.4. The number of ether oxygens (including phenoxy) is 1. The molecular formula is C14H19FN2O3. The summed E-state index contributed by atoms with van der Waals surface area (Å²) in [6.45, 7) is 2.08. The molecule has 0 spiro atoms. The summed E-state index contributed by atoms with van der Waals surface area (Å²) in [6, 6.07) is 2.41. The monoisotopic (exact) mass is 282 g/mol. The fraction of sp³-hybridized carbons (Fsp3) is 0.500. The van der Waals surface area contributed by atoms with Crippen LogP contribution in [-0.4, -0.2) is 37.9 Å². The Morgan fingerprint density at radius 2 is 2.15 bits per heavy atom. The number of nitrogens with zero attached hydrogens (tertiary/aromatic N) is 1. The standard InChI is InChI=1S/C14H19FN2O3/c1-20-8-9-2-4-17(5-3-9)13-6-10(14(18)19)12(16)7-11(13)15/h6-7,9H,2-5,8,16H2,1H3,(H,18,19). The fourth-order valence-corrected chi connectivity index (χ4v) is 2.58. The van der Waals surface area contributed by atoms with Gasteiger partial charge >= 0.3 is 5.97 Å². The van der Waals surface area contributed by atoms with Gasteiger partial charge in [0.25, 0.3) is 0 Å². The number of methoxy groups -OCH3 is 1. The molecule has 1 aliphatic heterocycles. The molecule has 6 heteroatoms. The minimum absolute atomic E-state index is 0.0481. The van der Waals surface area contributed by atoms with Gasteiger partial charge in [0.2, 0.25) is 0 Å². The second kappa shape index (κ2) is 6.09. The van der Waals surface area contributed by atoms with Crippen LogP contribution in [0.25, 0.3) is 0 Å². The molecule has 0 saturated carbocycles. The van der Waals surface area contributed by atoms with E-state index in [2.05, 4.69) is 0 Å². The van der Waals surface area contributed by atoms with E-state index >= 15 is 0 Å². The lowest BCUT2D eigenvalue weighted by Crippen LogP contribution is -2.35. The molecule has 0 bridgehead atoms. The highest BCUT2D eigenvalue weighted by Gasteiger charge is 2.23. The second-order valence-corrected chi connectivity index (χ2v) is 5.08. The van der Waals surface area contributed by atoms with Gasteiger partial charge in [-0.25, -0.2) is 9.18 Å². The average Bonchev–Trinajstić information content (AvgIpc) is 2.40. The number of rotatable bonds is 4. The third-order valence-electron chi connectivity index (χ3n) is 3.71. The molecule has 2 rings (SSSR count). The summed E-state index contributed by atoms with van der Waals surface area (Å²) in [5, 5.41) is 9.05. The molecule has 0 unspecified atom stereocenters. The Hall–Kier alpha value is -1.82. The highest BCUT2D eigenvalue weighted by atomic mass is 19.1. The fourth-order valence-electron chi connectivity index (χ4n) is 2.58. The maximum atomic E-state index is 14.0. The molecule has 1 heterocycles. The molecule has 5 nitrogen and oxygen atoms in total. The number of carboxylic acids is 1. The molecular weight excluding hydrogens is 263 g/mol. The molecule has 1 saturated heterocycles. The van der Waals surface area contributed by atoms with Crippen LogP contribution in [-0.2, 0) is 4.74 Å². The van der Waals surface area contributed by atoms with E-state index in [1.807, 2.05) is 4.90 Å². The van der Waals surface area contributed by atoms with Crippen LogP contribution < -0.4 is 10.6 Å². The van der Waals surface area contributed by atoms with Crippen LogP contribution in [0, 0.1) is 11.7 Å². The van der Waals surface area contributed by atoms with Crippen molar-refractivity contribution >= 4 is 17.3 Å². The van der Waals surface area contributed by atoms with Crippen LogP contribution in [0.15, 0.2) is 12.1 Å². The molecule has 0 aromatic heterocycles. The van der Waals surface area contributed by atoms with Crippen molar-refractivity contribution in [1.29, 1.82) is 0 Å². The number of halogens is 1. The Balaban J connectivity index is 2.17. The van der Waals surface area contributed by atoms with Crippen LogP contribution >= 0.6 is 0 Å². The number of carbonyl (C=O) groups is 1. The van der Waals surface area contributed by atoms with Gasteiger partial charge in [-0.2, -0.15) is 0 Å². The molecule has 1 aromatic rings. The Labute approximate surface area is 117 Å². The summed E-state index contributed by atoms with van der Waals surface area (Å²) in [7, 11) is 1.67. The first-order valence-corrected chi connectivity index (χ1v) is 6.59. The summed E-state index contributed by atoms with van der Waals surface area (Å²) >= 11 is 0. The number of hydrogen-bond acceptors (Lipinski definition) is 4.